The van der Waals surface area contributed by atoms with Crippen LogP contribution in [-0.2, 0) is 14.8 Å². The maximum Gasteiger partial charge on any atom is 0.246 e. The lowest BCUT2D eigenvalue weighted by Gasteiger charge is -2.24. The van der Waals surface area contributed by atoms with Gasteiger partial charge in [0.05, 0.1) is 11.4 Å². The summed E-state index contributed by atoms with van der Waals surface area (Å²) in [5.41, 5.74) is 1.06. The Labute approximate surface area is 143 Å². The molecule has 0 atom stereocenters. The summed E-state index contributed by atoms with van der Waals surface area (Å²) in [5.74, 6) is 0.355. The van der Waals surface area contributed by atoms with E-state index in [4.69, 9.17) is 0 Å². The summed E-state index contributed by atoms with van der Waals surface area (Å²) >= 11 is 0. The minimum absolute atomic E-state index is 0.145. The van der Waals surface area contributed by atoms with Gasteiger partial charge >= 0.3 is 0 Å². The van der Waals surface area contributed by atoms with E-state index in [1.54, 1.807) is 13.8 Å². The number of nitrogens with one attached hydrogen (secondary N) is 1. The molecule has 0 unspecified atom stereocenters. The number of aromatic nitrogens is 2. The second-order valence-corrected chi connectivity index (χ2v) is 8.70. The number of nitrogens with zero attached hydrogens (tertiary/aromatic N) is 3. The molecule has 1 saturated heterocycles. The van der Waals surface area contributed by atoms with Crippen LogP contribution in [0.15, 0.2) is 4.90 Å². The molecule has 2 fully saturated rings. The van der Waals surface area contributed by atoms with Crippen molar-refractivity contribution in [2.24, 2.45) is 5.92 Å². The van der Waals surface area contributed by atoms with Crippen LogP contribution in [0.25, 0.3) is 0 Å². The quantitative estimate of drug-likeness (QED) is 0.890. The third-order valence-electron chi connectivity index (χ3n) is 5.13. The molecule has 7 nitrogen and oxygen atoms in total. The first kappa shape index (κ1) is 17.4. The summed E-state index contributed by atoms with van der Waals surface area (Å²) in [6.07, 6.45) is 4.89. The fourth-order valence-corrected chi connectivity index (χ4v) is 5.64. The standard InChI is InChI=1S/C16H26N4O3S/c1-12-15(13(2)18-17-12)24(22,23)20-9-5-8-19(10-11-20)16(21)14-6-3-4-7-14/h14H,3-11H2,1-2H3,(H,17,18). The van der Waals surface area contributed by atoms with E-state index in [1.165, 1.54) is 4.31 Å². The van der Waals surface area contributed by atoms with Crippen molar-refractivity contribution in [1.29, 1.82) is 0 Å². The molecule has 3 rings (SSSR count). The molecule has 0 bridgehead atoms. The monoisotopic (exact) mass is 354 g/mol. The van der Waals surface area contributed by atoms with Crippen molar-refractivity contribution >= 4 is 15.9 Å². The van der Waals surface area contributed by atoms with Crippen LogP contribution >= 0.6 is 0 Å². The van der Waals surface area contributed by atoms with E-state index in [2.05, 4.69) is 10.2 Å². The van der Waals surface area contributed by atoms with Crippen LogP contribution in [0.2, 0.25) is 0 Å². The molecule has 1 aliphatic heterocycles. The fraction of sp³-hybridized carbons (Fsp3) is 0.750. The third kappa shape index (κ3) is 3.21. The molecule has 0 radical (unpaired) electrons. The number of hydrogen-bond acceptors (Lipinski definition) is 4. The smallest absolute Gasteiger partial charge is 0.246 e. The lowest BCUT2D eigenvalue weighted by molar-refractivity contribution is -0.135. The topological polar surface area (TPSA) is 86.4 Å². The molecule has 1 aromatic rings. The van der Waals surface area contributed by atoms with Crippen molar-refractivity contribution in [1.82, 2.24) is 19.4 Å². The summed E-state index contributed by atoms with van der Waals surface area (Å²) in [7, 11) is -3.57. The van der Waals surface area contributed by atoms with Crippen molar-refractivity contribution in [2.75, 3.05) is 26.2 Å². The molecular formula is C16H26N4O3S. The lowest BCUT2D eigenvalue weighted by Crippen LogP contribution is -2.39. The Morgan fingerprint density at radius 3 is 2.42 bits per heavy atom. The van der Waals surface area contributed by atoms with Gasteiger partial charge < -0.3 is 4.90 Å². The summed E-state index contributed by atoms with van der Waals surface area (Å²) in [5, 5.41) is 6.74. The van der Waals surface area contributed by atoms with Gasteiger partial charge in [0.15, 0.2) is 0 Å². The number of rotatable bonds is 3. The van der Waals surface area contributed by atoms with E-state index < -0.39 is 10.0 Å². The van der Waals surface area contributed by atoms with Crippen LogP contribution in [0.3, 0.4) is 0 Å². The molecule has 1 N–H and O–H groups in total. The molecule has 1 amide bonds. The Morgan fingerprint density at radius 1 is 1.08 bits per heavy atom. The molecule has 24 heavy (non-hydrogen) atoms. The van der Waals surface area contributed by atoms with Gasteiger partial charge in [-0.2, -0.15) is 9.40 Å². The Bertz CT molecular complexity index is 687. The number of sulfonamides is 1. The average molecular weight is 354 g/mol. The first-order valence-electron chi connectivity index (χ1n) is 8.72. The van der Waals surface area contributed by atoms with Gasteiger partial charge in [-0.25, -0.2) is 8.42 Å². The van der Waals surface area contributed by atoms with E-state index in [0.29, 0.717) is 44.0 Å². The maximum atomic E-state index is 12.9. The highest BCUT2D eigenvalue weighted by molar-refractivity contribution is 7.89. The first-order chi connectivity index (χ1) is 11.4. The number of H-pyrrole nitrogens is 1. The minimum Gasteiger partial charge on any atom is -0.341 e. The summed E-state index contributed by atoms with van der Waals surface area (Å²) in [6, 6.07) is 0. The molecule has 134 valence electrons. The minimum atomic E-state index is -3.57. The molecule has 1 saturated carbocycles. The summed E-state index contributed by atoms with van der Waals surface area (Å²) in [4.78, 5) is 14.7. The van der Waals surface area contributed by atoms with Crippen LogP contribution in [0, 0.1) is 19.8 Å². The van der Waals surface area contributed by atoms with Gasteiger partial charge in [0.2, 0.25) is 15.9 Å². The zero-order valence-corrected chi connectivity index (χ0v) is 15.2. The Balaban J connectivity index is 1.72. The van der Waals surface area contributed by atoms with E-state index in [1.807, 2.05) is 4.90 Å². The first-order valence-corrected chi connectivity index (χ1v) is 10.2. The summed E-state index contributed by atoms with van der Waals surface area (Å²) in [6.45, 7) is 5.34. The van der Waals surface area contributed by atoms with Crippen molar-refractivity contribution in [3.63, 3.8) is 0 Å². The van der Waals surface area contributed by atoms with Gasteiger partial charge in [-0.05, 0) is 33.1 Å². The molecular weight excluding hydrogens is 328 g/mol. The van der Waals surface area contributed by atoms with Gasteiger partial charge in [-0.15, -0.1) is 0 Å². The van der Waals surface area contributed by atoms with E-state index in [0.717, 1.165) is 25.7 Å². The van der Waals surface area contributed by atoms with Gasteiger partial charge in [-0.1, -0.05) is 12.8 Å². The Morgan fingerprint density at radius 2 is 1.79 bits per heavy atom. The van der Waals surface area contributed by atoms with Crippen molar-refractivity contribution in [2.45, 2.75) is 50.8 Å². The normalized spacial score (nSPS) is 21.2. The summed E-state index contributed by atoms with van der Waals surface area (Å²) < 4.78 is 27.4. The zero-order chi connectivity index (χ0) is 17.3. The molecule has 2 heterocycles. The Kier molecular flexibility index (Phi) is 4.96. The van der Waals surface area contributed by atoms with Crippen LogP contribution in [0.5, 0.6) is 0 Å². The second kappa shape index (κ2) is 6.84. The van der Waals surface area contributed by atoms with Crippen molar-refractivity contribution in [3.8, 4) is 0 Å². The lowest BCUT2D eigenvalue weighted by atomic mass is 10.1. The second-order valence-electron chi connectivity index (χ2n) is 6.83. The highest BCUT2D eigenvalue weighted by Gasteiger charge is 2.33. The Hall–Kier alpha value is -1.41. The van der Waals surface area contributed by atoms with Crippen LogP contribution < -0.4 is 0 Å². The van der Waals surface area contributed by atoms with E-state index in [9.17, 15) is 13.2 Å². The number of carbonyl (C=O) groups excluding carboxylic acids is 1. The highest BCUT2D eigenvalue weighted by atomic mass is 32.2. The van der Waals surface area contributed by atoms with E-state index in [-0.39, 0.29) is 16.7 Å². The fourth-order valence-electron chi connectivity index (χ4n) is 3.84. The number of hydrogen-bond donors (Lipinski definition) is 1. The van der Waals surface area contributed by atoms with Crippen LogP contribution in [-0.4, -0.2) is 59.9 Å². The molecule has 0 aromatic carbocycles. The molecule has 1 aliphatic carbocycles. The average Bonchev–Trinajstić information content (AvgIpc) is 3.10. The van der Waals surface area contributed by atoms with Crippen molar-refractivity contribution < 1.29 is 13.2 Å². The van der Waals surface area contributed by atoms with E-state index >= 15 is 0 Å². The van der Waals surface area contributed by atoms with Crippen molar-refractivity contribution in [3.05, 3.63) is 11.4 Å². The zero-order valence-electron chi connectivity index (χ0n) is 14.4. The third-order valence-corrected chi connectivity index (χ3v) is 7.29. The number of amides is 1. The SMILES string of the molecule is Cc1n[nH]c(C)c1S(=O)(=O)N1CCCN(C(=O)C2CCCC2)CC1. The van der Waals surface area contributed by atoms with Crippen LogP contribution in [0.1, 0.15) is 43.5 Å². The maximum absolute atomic E-state index is 12.9. The molecule has 1 aromatic heterocycles. The molecule has 2 aliphatic rings. The van der Waals surface area contributed by atoms with Gasteiger partial charge in [0.25, 0.3) is 0 Å². The largest absolute Gasteiger partial charge is 0.341 e. The van der Waals surface area contributed by atoms with Gasteiger partial charge in [0, 0.05) is 32.1 Å². The van der Waals surface area contributed by atoms with Gasteiger partial charge in [-0.3, -0.25) is 9.89 Å². The van der Waals surface area contributed by atoms with Gasteiger partial charge in [0.1, 0.15) is 4.90 Å². The number of aryl methyl sites for hydroxylation is 2. The van der Waals surface area contributed by atoms with Crippen LogP contribution in [0.4, 0.5) is 0 Å². The highest BCUT2D eigenvalue weighted by Crippen LogP contribution is 2.28. The predicted octanol–water partition coefficient (Wildman–Crippen LogP) is 1.44. The number of aromatic amines is 1. The number of carbonyl (C=O) groups is 1. The molecule has 8 heteroatoms. The predicted molar refractivity (Wildman–Crippen MR) is 90.0 cm³/mol. The molecule has 0 spiro atoms.